The number of nitrogens with zero attached hydrogens (tertiary/aromatic N) is 2. The summed E-state index contributed by atoms with van der Waals surface area (Å²) in [7, 11) is 0. The first kappa shape index (κ1) is 15.4. The number of hydrogen-bond donors (Lipinski definition) is 1. The number of aromatic nitrogens is 1. The van der Waals surface area contributed by atoms with Crippen molar-refractivity contribution in [2.24, 2.45) is 5.10 Å². The van der Waals surface area contributed by atoms with Gasteiger partial charge in [-0.2, -0.15) is 5.10 Å². The zero-order valence-corrected chi connectivity index (χ0v) is 13.7. The normalized spacial score (nSPS) is 11.5. The maximum absolute atomic E-state index is 13.3. The van der Waals surface area contributed by atoms with Crippen molar-refractivity contribution in [1.82, 2.24) is 4.98 Å². The lowest BCUT2D eigenvalue weighted by Gasteiger charge is -2.01. The number of anilines is 1. The van der Waals surface area contributed by atoms with E-state index in [4.69, 9.17) is 0 Å². The number of halogens is 1. The lowest BCUT2D eigenvalue weighted by Crippen LogP contribution is -1.99. The van der Waals surface area contributed by atoms with Gasteiger partial charge in [0.05, 0.1) is 11.4 Å². The van der Waals surface area contributed by atoms with Crippen molar-refractivity contribution in [2.45, 2.75) is 13.8 Å². The maximum atomic E-state index is 13.3. The van der Waals surface area contributed by atoms with Crippen LogP contribution in [0.25, 0.3) is 11.3 Å². The third-order valence-corrected chi connectivity index (χ3v) is 4.22. The van der Waals surface area contributed by atoms with Gasteiger partial charge in [0.2, 0.25) is 5.13 Å². The molecule has 3 rings (SSSR count). The molecule has 0 radical (unpaired) electrons. The lowest BCUT2D eigenvalue weighted by atomic mass is 10.1. The second-order valence-electron chi connectivity index (χ2n) is 5.18. The number of benzene rings is 2. The number of aryl methyl sites for hydroxylation is 1. The van der Waals surface area contributed by atoms with Gasteiger partial charge in [-0.1, -0.05) is 30.3 Å². The molecule has 0 spiro atoms. The summed E-state index contributed by atoms with van der Waals surface area (Å²) in [5.74, 6) is -0.203. The zero-order valence-electron chi connectivity index (χ0n) is 12.9. The molecule has 3 aromatic rings. The molecule has 1 heterocycles. The molecule has 23 heavy (non-hydrogen) atoms. The van der Waals surface area contributed by atoms with E-state index in [-0.39, 0.29) is 5.82 Å². The van der Waals surface area contributed by atoms with E-state index < -0.39 is 0 Å². The summed E-state index contributed by atoms with van der Waals surface area (Å²) in [6.07, 6.45) is 0. The third-order valence-electron chi connectivity index (χ3n) is 3.47. The summed E-state index contributed by atoms with van der Waals surface area (Å²) >= 11 is 1.47. The van der Waals surface area contributed by atoms with Gasteiger partial charge in [0.25, 0.3) is 0 Å². The van der Waals surface area contributed by atoms with E-state index in [2.05, 4.69) is 15.5 Å². The fourth-order valence-corrected chi connectivity index (χ4v) is 2.80. The highest BCUT2D eigenvalue weighted by atomic mass is 32.1. The minimum absolute atomic E-state index is 0.203. The van der Waals surface area contributed by atoms with Crippen molar-refractivity contribution < 1.29 is 4.39 Å². The predicted molar refractivity (Wildman–Crippen MR) is 94.5 cm³/mol. The minimum atomic E-state index is -0.203. The van der Waals surface area contributed by atoms with Crippen molar-refractivity contribution >= 4 is 22.2 Å². The van der Waals surface area contributed by atoms with Gasteiger partial charge >= 0.3 is 0 Å². The molecule has 0 aliphatic heterocycles. The number of nitrogens with one attached hydrogen (secondary N) is 1. The van der Waals surface area contributed by atoms with Gasteiger partial charge in [0.15, 0.2) is 0 Å². The van der Waals surface area contributed by atoms with Crippen molar-refractivity contribution in [2.75, 3.05) is 5.43 Å². The van der Waals surface area contributed by atoms with E-state index in [1.807, 2.05) is 42.6 Å². The van der Waals surface area contributed by atoms with E-state index in [1.54, 1.807) is 19.1 Å². The molecule has 0 fully saturated rings. The third kappa shape index (κ3) is 3.63. The zero-order chi connectivity index (χ0) is 16.2. The molecule has 116 valence electrons. The Morgan fingerprint density at radius 1 is 1.17 bits per heavy atom. The quantitative estimate of drug-likeness (QED) is 0.535. The van der Waals surface area contributed by atoms with Crippen LogP contribution < -0.4 is 5.43 Å². The Balaban J connectivity index is 1.76. The molecule has 0 bridgehead atoms. The Kier molecular flexibility index (Phi) is 4.48. The van der Waals surface area contributed by atoms with Crippen LogP contribution in [0.2, 0.25) is 0 Å². The van der Waals surface area contributed by atoms with Crippen LogP contribution in [-0.2, 0) is 0 Å². The second kappa shape index (κ2) is 6.71. The van der Waals surface area contributed by atoms with E-state index in [0.717, 1.165) is 22.5 Å². The van der Waals surface area contributed by atoms with Crippen molar-refractivity contribution in [3.8, 4) is 11.3 Å². The molecule has 0 amide bonds. The number of thiazole rings is 1. The smallest absolute Gasteiger partial charge is 0.203 e. The van der Waals surface area contributed by atoms with Gasteiger partial charge in [0, 0.05) is 10.9 Å². The van der Waals surface area contributed by atoms with E-state index in [0.29, 0.717) is 10.7 Å². The molecule has 1 N–H and O–H groups in total. The summed E-state index contributed by atoms with van der Waals surface area (Å²) < 4.78 is 13.3. The Morgan fingerprint density at radius 3 is 2.70 bits per heavy atom. The predicted octanol–water partition coefficient (Wildman–Crippen LogP) is 5.09. The fraction of sp³-hybridized carbons (Fsp3) is 0.111. The summed E-state index contributed by atoms with van der Waals surface area (Å²) in [4.78, 5) is 4.49. The first-order valence-electron chi connectivity index (χ1n) is 7.21. The van der Waals surface area contributed by atoms with Crippen LogP contribution in [0.4, 0.5) is 9.52 Å². The summed E-state index contributed by atoms with van der Waals surface area (Å²) in [5, 5.41) is 7.00. The summed E-state index contributed by atoms with van der Waals surface area (Å²) in [5.41, 5.74) is 7.26. The molecule has 5 heteroatoms. The van der Waals surface area contributed by atoms with Gasteiger partial charge in [-0.3, -0.25) is 5.43 Å². The van der Waals surface area contributed by atoms with Gasteiger partial charge in [-0.05, 0) is 43.2 Å². The SMILES string of the molecule is CC(=NNc1nc(-c2ccc(F)c(C)c2)cs1)c1ccccc1. The molecule has 0 saturated carbocycles. The Hall–Kier alpha value is -2.53. The van der Waals surface area contributed by atoms with Gasteiger partial charge in [-0.25, -0.2) is 9.37 Å². The van der Waals surface area contributed by atoms with Crippen LogP contribution in [-0.4, -0.2) is 10.7 Å². The maximum Gasteiger partial charge on any atom is 0.203 e. The average Bonchev–Trinajstić information content (AvgIpc) is 3.05. The van der Waals surface area contributed by atoms with Crippen LogP contribution in [0.1, 0.15) is 18.1 Å². The lowest BCUT2D eigenvalue weighted by molar-refractivity contribution is 0.619. The Morgan fingerprint density at radius 2 is 1.96 bits per heavy atom. The summed E-state index contributed by atoms with van der Waals surface area (Å²) in [6.45, 7) is 3.69. The molecule has 1 aromatic heterocycles. The van der Waals surface area contributed by atoms with Gasteiger partial charge < -0.3 is 0 Å². The first-order valence-corrected chi connectivity index (χ1v) is 8.09. The van der Waals surface area contributed by atoms with Crippen LogP contribution in [0.5, 0.6) is 0 Å². The van der Waals surface area contributed by atoms with Crippen LogP contribution in [0.15, 0.2) is 59.0 Å². The number of hydrogen-bond acceptors (Lipinski definition) is 4. The number of hydrazone groups is 1. The van der Waals surface area contributed by atoms with Crippen LogP contribution >= 0.6 is 11.3 Å². The topological polar surface area (TPSA) is 37.3 Å². The highest BCUT2D eigenvalue weighted by molar-refractivity contribution is 7.14. The van der Waals surface area contributed by atoms with Crippen molar-refractivity contribution in [3.63, 3.8) is 0 Å². The minimum Gasteiger partial charge on any atom is -0.252 e. The molecule has 0 unspecified atom stereocenters. The average molecular weight is 325 g/mol. The van der Waals surface area contributed by atoms with Crippen LogP contribution in [0.3, 0.4) is 0 Å². The molecule has 0 atom stereocenters. The molecule has 2 aromatic carbocycles. The molecule has 0 aliphatic rings. The molecule has 0 aliphatic carbocycles. The Bertz CT molecular complexity index is 840. The molecule has 3 nitrogen and oxygen atoms in total. The van der Waals surface area contributed by atoms with Crippen LogP contribution in [0, 0.1) is 12.7 Å². The van der Waals surface area contributed by atoms with Crippen molar-refractivity contribution in [1.29, 1.82) is 0 Å². The molecular formula is C18H16FN3S. The largest absolute Gasteiger partial charge is 0.252 e. The Labute approximate surface area is 138 Å². The molecule has 0 saturated heterocycles. The highest BCUT2D eigenvalue weighted by Gasteiger charge is 2.06. The van der Waals surface area contributed by atoms with E-state index in [1.165, 1.54) is 17.4 Å². The summed E-state index contributed by atoms with van der Waals surface area (Å²) in [6, 6.07) is 15.0. The van der Waals surface area contributed by atoms with E-state index >= 15 is 0 Å². The monoisotopic (exact) mass is 325 g/mol. The van der Waals surface area contributed by atoms with Gasteiger partial charge in [-0.15, -0.1) is 11.3 Å². The highest BCUT2D eigenvalue weighted by Crippen LogP contribution is 2.26. The number of rotatable bonds is 4. The fourth-order valence-electron chi connectivity index (χ4n) is 2.14. The second-order valence-corrected chi connectivity index (χ2v) is 6.04. The van der Waals surface area contributed by atoms with Gasteiger partial charge in [0.1, 0.15) is 5.82 Å². The van der Waals surface area contributed by atoms with Crippen molar-refractivity contribution in [3.05, 3.63) is 70.9 Å². The van der Waals surface area contributed by atoms with E-state index in [9.17, 15) is 4.39 Å². The first-order chi connectivity index (χ1) is 11.1. The standard InChI is InChI=1S/C18H16FN3S/c1-12-10-15(8-9-16(12)19)17-11-23-18(20-17)22-21-13(2)14-6-4-3-5-7-14/h3-11H,1-2H3,(H,20,22). The molecular weight excluding hydrogens is 309 g/mol.